The lowest BCUT2D eigenvalue weighted by Gasteiger charge is -1.95. The maximum Gasteiger partial charge on any atom is 0.262 e. The molecule has 4 nitrogen and oxygen atoms in total. The molecule has 0 saturated carbocycles. The molecule has 0 fully saturated rings. The van der Waals surface area contributed by atoms with Gasteiger partial charge in [0.2, 0.25) is 0 Å². The highest BCUT2D eigenvalue weighted by Gasteiger charge is 2.17. The molecule has 15 heavy (non-hydrogen) atoms. The Bertz CT molecular complexity index is 454. The van der Waals surface area contributed by atoms with Gasteiger partial charge in [0, 0.05) is 0 Å². The number of alkyl halides is 1. The zero-order chi connectivity index (χ0) is 10.8. The Labute approximate surface area is 99.7 Å². The Morgan fingerprint density at radius 2 is 2.40 bits per heavy atom. The topological polar surface area (TPSA) is 52.1 Å². The summed E-state index contributed by atoms with van der Waals surface area (Å²) in [4.78, 5) is 4.18. The predicted octanol–water partition coefficient (Wildman–Crippen LogP) is 3.78. The lowest BCUT2D eigenvalue weighted by molar-refractivity contribution is 0.420. The Balaban J connectivity index is 2.32. The van der Waals surface area contributed by atoms with Crippen molar-refractivity contribution in [1.82, 2.24) is 10.1 Å². The van der Waals surface area contributed by atoms with E-state index >= 15 is 0 Å². The van der Waals surface area contributed by atoms with E-state index in [1.807, 2.05) is 6.92 Å². The molecule has 0 aromatic carbocycles. The van der Waals surface area contributed by atoms with E-state index < -0.39 is 0 Å². The molecule has 0 aliphatic heterocycles. The highest BCUT2D eigenvalue weighted by atomic mass is 79.9. The minimum Gasteiger partial charge on any atom is -0.457 e. The van der Waals surface area contributed by atoms with Gasteiger partial charge in [-0.1, -0.05) is 12.1 Å². The van der Waals surface area contributed by atoms with Crippen molar-refractivity contribution in [1.29, 1.82) is 0 Å². The van der Waals surface area contributed by atoms with Crippen molar-refractivity contribution in [2.24, 2.45) is 0 Å². The van der Waals surface area contributed by atoms with Crippen molar-refractivity contribution in [3.8, 4) is 11.5 Å². The summed E-state index contributed by atoms with van der Waals surface area (Å²) in [5, 5.41) is 3.59. The van der Waals surface area contributed by atoms with Crippen molar-refractivity contribution in [2.45, 2.75) is 18.7 Å². The first-order chi connectivity index (χ1) is 7.22. The number of hydrogen-bond acceptors (Lipinski definition) is 4. The van der Waals surface area contributed by atoms with Crippen molar-refractivity contribution in [2.75, 3.05) is 0 Å². The van der Waals surface area contributed by atoms with Crippen molar-refractivity contribution >= 4 is 27.5 Å². The Morgan fingerprint density at radius 1 is 1.60 bits per heavy atom. The summed E-state index contributed by atoms with van der Waals surface area (Å²) in [6.07, 6.45) is 2.30. The van der Waals surface area contributed by atoms with Crippen LogP contribution in [0.2, 0.25) is 0 Å². The Hall–Kier alpha value is -0.810. The summed E-state index contributed by atoms with van der Waals surface area (Å²) in [7, 11) is 0. The van der Waals surface area contributed by atoms with Crippen LogP contribution in [0.1, 0.15) is 24.5 Å². The zero-order valence-electron chi connectivity index (χ0n) is 7.91. The third-order valence-corrected chi connectivity index (χ3v) is 3.05. The SMILES string of the molecule is CCC(Cl)c1noc(-c2ccoc2Br)n1. The Morgan fingerprint density at radius 3 is 3.00 bits per heavy atom. The third-order valence-electron chi connectivity index (χ3n) is 1.93. The fourth-order valence-electron chi connectivity index (χ4n) is 1.10. The molecule has 0 N–H and O–H groups in total. The van der Waals surface area contributed by atoms with Gasteiger partial charge < -0.3 is 8.94 Å². The van der Waals surface area contributed by atoms with Crippen LogP contribution in [0.15, 0.2) is 25.9 Å². The number of rotatable bonds is 3. The molecule has 2 rings (SSSR count). The molecule has 0 aliphatic carbocycles. The summed E-state index contributed by atoms with van der Waals surface area (Å²) in [6.45, 7) is 1.96. The van der Waals surface area contributed by atoms with Gasteiger partial charge in [-0.3, -0.25) is 0 Å². The molecule has 1 atom stereocenters. The lowest BCUT2D eigenvalue weighted by atomic mass is 10.3. The van der Waals surface area contributed by atoms with Crippen LogP contribution in [-0.4, -0.2) is 10.1 Å². The van der Waals surface area contributed by atoms with Gasteiger partial charge in [-0.05, 0) is 28.4 Å². The van der Waals surface area contributed by atoms with Gasteiger partial charge in [0.15, 0.2) is 10.5 Å². The second kappa shape index (κ2) is 4.37. The molecule has 2 aromatic heterocycles. The molecule has 2 heterocycles. The van der Waals surface area contributed by atoms with E-state index in [-0.39, 0.29) is 5.38 Å². The molecular formula is C9H8BrClN2O2. The highest BCUT2D eigenvalue weighted by Crippen LogP contribution is 2.29. The number of nitrogens with zero attached hydrogens (tertiary/aromatic N) is 2. The average Bonchev–Trinajstić information content (AvgIpc) is 2.84. The van der Waals surface area contributed by atoms with Crippen molar-refractivity contribution < 1.29 is 8.94 Å². The molecule has 0 saturated heterocycles. The maximum atomic E-state index is 5.99. The van der Waals surface area contributed by atoms with Gasteiger partial charge in [-0.2, -0.15) is 4.98 Å². The summed E-state index contributed by atoms with van der Waals surface area (Å²) < 4.78 is 10.7. The molecular weight excluding hydrogens is 283 g/mol. The summed E-state index contributed by atoms with van der Waals surface area (Å²) in [6, 6.07) is 1.75. The van der Waals surface area contributed by atoms with Crippen molar-refractivity contribution in [3.63, 3.8) is 0 Å². The lowest BCUT2D eigenvalue weighted by Crippen LogP contribution is -1.90. The molecule has 0 aliphatic rings. The zero-order valence-corrected chi connectivity index (χ0v) is 10.2. The predicted molar refractivity (Wildman–Crippen MR) is 58.6 cm³/mol. The largest absolute Gasteiger partial charge is 0.457 e. The van der Waals surface area contributed by atoms with E-state index in [0.29, 0.717) is 16.4 Å². The van der Waals surface area contributed by atoms with Gasteiger partial charge >= 0.3 is 0 Å². The second-order valence-electron chi connectivity index (χ2n) is 2.94. The first-order valence-corrected chi connectivity index (χ1v) is 5.66. The molecule has 0 spiro atoms. The Kier molecular flexibility index (Phi) is 3.11. The quantitative estimate of drug-likeness (QED) is 0.808. The molecule has 2 aromatic rings. The molecule has 80 valence electrons. The highest BCUT2D eigenvalue weighted by molar-refractivity contribution is 9.10. The van der Waals surface area contributed by atoms with Crippen molar-refractivity contribution in [3.05, 3.63) is 22.8 Å². The first-order valence-electron chi connectivity index (χ1n) is 4.43. The van der Waals surface area contributed by atoms with Crippen LogP contribution in [0.25, 0.3) is 11.5 Å². The molecule has 6 heteroatoms. The third kappa shape index (κ3) is 2.08. The van der Waals surface area contributed by atoms with Gasteiger partial charge in [0.1, 0.15) is 0 Å². The standard InChI is InChI=1S/C9H8BrClN2O2/c1-2-6(11)8-12-9(15-13-8)5-3-4-14-7(5)10/h3-4,6H,2H2,1H3. The van der Waals surface area contributed by atoms with Crippen LogP contribution in [0.4, 0.5) is 0 Å². The van der Waals surface area contributed by atoms with Crippen LogP contribution in [0.3, 0.4) is 0 Å². The number of furan rings is 1. The summed E-state index contributed by atoms with van der Waals surface area (Å²) >= 11 is 9.22. The van der Waals surface area contributed by atoms with Crippen LogP contribution >= 0.6 is 27.5 Å². The van der Waals surface area contributed by atoms with Crippen LogP contribution < -0.4 is 0 Å². The van der Waals surface area contributed by atoms with Gasteiger partial charge in [0.05, 0.1) is 17.2 Å². The van der Waals surface area contributed by atoms with Gasteiger partial charge in [0.25, 0.3) is 5.89 Å². The second-order valence-corrected chi connectivity index (χ2v) is 4.19. The smallest absolute Gasteiger partial charge is 0.262 e. The minimum absolute atomic E-state index is 0.215. The fraction of sp³-hybridized carbons (Fsp3) is 0.333. The van der Waals surface area contributed by atoms with E-state index in [1.165, 1.54) is 0 Å². The average molecular weight is 292 g/mol. The van der Waals surface area contributed by atoms with E-state index in [2.05, 4.69) is 26.1 Å². The van der Waals surface area contributed by atoms with Crippen LogP contribution in [-0.2, 0) is 0 Å². The maximum absolute atomic E-state index is 5.99. The van der Waals surface area contributed by atoms with Crippen LogP contribution in [0, 0.1) is 0 Å². The normalized spacial score (nSPS) is 13.0. The fourth-order valence-corrected chi connectivity index (χ4v) is 1.60. The van der Waals surface area contributed by atoms with E-state index in [4.69, 9.17) is 20.5 Å². The van der Waals surface area contributed by atoms with Gasteiger partial charge in [-0.15, -0.1) is 11.6 Å². The molecule has 1 unspecified atom stereocenters. The summed E-state index contributed by atoms with van der Waals surface area (Å²) in [5.41, 5.74) is 0.730. The summed E-state index contributed by atoms with van der Waals surface area (Å²) in [5.74, 6) is 0.909. The van der Waals surface area contributed by atoms with E-state index in [1.54, 1.807) is 12.3 Å². The number of halogens is 2. The first kappa shape index (κ1) is 10.7. The molecule has 0 amide bonds. The number of hydrogen-bond donors (Lipinski definition) is 0. The van der Waals surface area contributed by atoms with E-state index in [9.17, 15) is 0 Å². The molecule has 0 radical (unpaired) electrons. The number of aromatic nitrogens is 2. The minimum atomic E-state index is -0.215. The monoisotopic (exact) mass is 290 g/mol. The van der Waals surface area contributed by atoms with Gasteiger partial charge in [-0.25, -0.2) is 0 Å². The van der Waals surface area contributed by atoms with E-state index in [0.717, 1.165) is 12.0 Å². The van der Waals surface area contributed by atoms with Crippen LogP contribution in [0.5, 0.6) is 0 Å². The molecule has 0 bridgehead atoms.